The van der Waals surface area contributed by atoms with Gasteiger partial charge in [-0.3, -0.25) is 4.79 Å². The number of aryl methyl sites for hydroxylation is 1. The molecule has 0 aromatic carbocycles. The molecule has 0 saturated heterocycles. The van der Waals surface area contributed by atoms with E-state index < -0.39 is 5.97 Å². The number of thiophene rings is 1. The minimum Gasteiger partial charge on any atom is -0.477 e. The average Bonchev–Trinajstić information content (AvgIpc) is 2.89. The first-order valence-electron chi connectivity index (χ1n) is 6.94. The van der Waals surface area contributed by atoms with E-state index in [0.717, 1.165) is 4.88 Å². The van der Waals surface area contributed by atoms with Crippen molar-refractivity contribution in [2.24, 2.45) is 0 Å². The van der Waals surface area contributed by atoms with Crippen LogP contribution in [0.4, 0.5) is 0 Å². The maximum Gasteiger partial charge on any atom is 0.354 e. The third-order valence-corrected chi connectivity index (χ3v) is 4.22. The number of carboxylic acid groups (broad SMARTS) is 1. The van der Waals surface area contributed by atoms with Gasteiger partial charge in [0.15, 0.2) is 0 Å². The summed E-state index contributed by atoms with van der Waals surface area (Å²) in [6, 6.07) is 6.95. The van der Waals surface area contributed by atoms with Gasteiger partial charge in [-0.25, -0.2) is 9.78 Å². The molecule has 0 fully saturated rings. The lowest BCUT2D eigenvalue weighted by molar-refractivity contribution is 0.0675. The Morgan fingerprint density at radius 3 is 2.45 bits per heavy atom. The first kappa shape index (κ1) is 16.2. The Kier molecular flexibility index (Phi) is 4.92. The van der Waals surface area contributed by atoms with E-state index in [0.29, 0.717) is 12.1 Å². The van der Waals surface area contributed by atoms with Crippen molar-refractivity contribution in [1.29, 1.82) is 0 Å². The summed E-state index contributed by atoms with van der Waals surface area (Å²) in [4.78, 5) is 31.3. The van der Waals surface area contributed by atoms with E-state index >= 15 is 0 Å². The average molecular weight is 318 g/mol. The lowest BCUT2D eigenvalue weighted by Gasteiger charge is -2.26. The van der Waals surface area contributed by atoms with Crippen molar-refractivity contribution in [1.82, 2.24) is 9.88 Å². The Balaban J connectivity index is 2.20. The van der Waals surface area contributed by atoms with Crippen LogP contribution in [0.1, 0.15) is 44.4 Å². The van der Waals surface area contributed by atoms with Crippen LogP contribution in [-0.4, -0.2) is 32.9 Å². The topological polar surface area (TPSA) is 70.5 Å². The van der Waals surface area contributed by atoms with E-state index in [4.69, 9.17) is 5.11 Å². The van der Waals surface area contributed by atoms with E-state index in [-0.39, 0.29) is 17.6 Å². The fraction of sp³-hybridized carbons (Fsp3) is 0.312. The quantitative estimate of drug-likeness (QED) is 0.919. The molecule has 0 radical (unpaired) electrons. The standard InChI is InChI=1S/C16H18N2O3S/c1-10(2)18(9-13-6-4-11(3)22-13)15(19)12-5-7-14(16(20)21)17-8-12/h4-8,10H,9H2,1-3H3,(H,20,21). The van der Waals surface area contributed by atoms with Crippen molar-refractivity contribution < 1.29 is 14.7 Å². The number of aromatic nitrogens is 1. The number of aromatic carboxylic acids is 1. The number of pyridine rings is 1. The maximum absolute atomic E-state index is 12.6. The molecule has 5 nitrogen and oxygen atoms in total. The summed E-state index contributed by atoms with van der Waals surface area (Å²) in [5, 5.41) is 8.85. The second-order valence-electron chi connectivity index (χ2n) is 5.28. The molecule has 6 heteroatoms. The zero-order valence-electron chi connectivity index (χ0n) is 12.7. The third kappa shape index (κ3) is 3.71. The van der Waals surface area contributed by atoms with Crippen molar-refractivity contribution in [3.63, 3.8) is 0 Å². The second kappa shape index (κ2) is 6.70. The van der Waals surface area contributed by atoms with Crippen molar-refractivity contribution in [3.05, 3.63) is 51.5 Å². The van der Waals surface area contributed by atoms with Crippen molar-refractivity contribution in [3.8, 4) is 0 Å². The van der Waals surface area contributed by atoms with Crippen LogP contribution in [0, 0.1) is 6.92 Å². The molecule has 0 aliphatic heterocycles. The van der Waals surface area contributed by atoms with Crippen molar-refractivity contribution in [2.75, 3.05) is 0 Å². The number of carbonyl (C=O) groups is 2. The van der Waals surface area contributed by atoms with Crippen LogP contribution < -0.4 is 0 Å². The van der Waals surface area contributed by atoms with Gasteiger partial charge in [-0.2, -0.15) is 0 Å². The number of rotatable bonds is 5. The summed E-state index contributed by atoms with van der Waals surface area (Å²) in [6.45, 7) is 6.48. The first-order chi connectivity index (χ1) is 10.4. The summed E-state index contributed by atoms with van der Waals surface area (Å²) in [7, 11) is 0. The largest absolute Gasteiger partial charge is 0.477 e. The molecule has 2 rings (SSSR count). The Hall–Kier alpha value is -2.21. The number of nitrogens with zero attached hydrogens (tertiary/aromatic N) is 2. The smallest absolute Gasteiger partial charge is 0.354 e. The molecule has 0 aliphatic carbocycles. The van der Waals surface area contributed by atoms with Crippen molar-refractivity contribution >= 4 is 23.2 Å². The molecular weight excluding hydrogens is 300 g/mol. The number of amides is 1. The SMILES string of the molecule is Cc1ccc(CN(C(=O)c2ccc(C(=O)O)nc2)C(C)C)s1. The molecule has 1 N–H and O–H groups in total. The Labute approximate surface area is 133 Å². The van der Waals surface area contributed by atoms with E-state index in [9.17, 15) is 9.59 Å². The summed E-state index contributed by atoms with van der Waals surface area (Å²) in [5.41, 5.74) is 0.327. The molecule has 116 valence electrons. The van der Waals surface area contributed by atoms with E-state index in [1.807, 2.05) is 32.9 Å². The fourth-order valence-corrected chi connectivity index (χ4v) is 2.93. The maximum atomic E-state index is 12.6. The predicted molar refractivity (Wildman–Crippen MR) is 85.3 cm³/mol. The highest BCUT2D eigenvalue weighted by Gasteiger charge is 2.20. The van der Waals surface area contributed by atoms with Crippen LogP contribution in [0.5, 0.6) is 0 Å². The minimum absolute atomic E-state index is 0.0362. The van der Waals surface area contributed by atoms with Gasteiger partial charge in [0.05, 0.1) is 12.1 Å². The molecule has 0 atom stereocenters. The minimum atomic E-state index is -1.10. The van der Waals surface area contributed by atoms with Gasteiger partial charge in [0.2, 0.25) is 0 Å². The van der Waals surface area contributed by atoms with Crippen LogP contribution in [0.2, 0.25) is 0 Å². The summed E-state index contributed by atoms with van der Waals surface area (Å²) in [6.07, 6.45) is 1.32. The predicted octanol–water partition coefficient (Wildman–Crippen LogP) is 3.20. The van der Waals surface area contributed by atoms with Gasteiger partial charge in [-0.15, -0.1) is 11.3 Å². The van der Waals surface area contributed by atoms with Crippen LogP contribution in [-0.2, 0) is 6.54 Å². The highest BCUT2D eigenvalue weighted by molar-refractivity contribution is 7.11. The molecule has 0 aliphatic rings. The summed E-state index contributed by atoms with van der Waals surface area (Å²) in [5.74, 6) is -1.25. The molecule has 0 bridgehead atoms. The molecule has 0 saturated carbocycles. The molecular formula is C16H18N2O3S. The van der Waals surface area contributed by atoms with Crippen LogP contribution in [0.15, 0.2) is 30.5 Å². The van der Waals surface area contributed by atoms with Gasteiger partial charge in [-0.1, -0.05) is 0 Å². The molecule has 0 spiro atoms. The molecule has 2 heterocycles. The lowest BCUT2D eigenvalue weighted by atomic mass is 10.2. The highest BCUT2D eigenvalue weighted by atomic mass is 32.1. The van der Waals surface area contributed by atoms with E-state index in [2.05, 4.69) is 4.98 Å². The molecule has 2 aromatic rings. The summed E-state index contributed by atoms with van der Waals surface area (Å²) >= 11 is 1.67. The first-order valence-corrected chi connectivity index (χ1v) is 7.75. The van der Waals surface area contributed by atoms with E-state index in [1.54, 1.807) is 16.2 Å². The zero-order chi connectivity index (χ0) is 16.3. The van der Waals surface area contributed by atoms with Gasteiger partial charge in [0, 0.05) is 22.0 Å². The van der Waals surface area contributed by atoms with Crippen LogP contribution >= 0.6 is 11.3 Å². The molecule has 22 heavy (non-hydrogen) atoms. The normalized spacial score (nSPS) is 10.7. The fourth-order valence-electron chi connectivity index (χ4n) is 2.04. The number of carbonyl (C=O) groups excluding carboxylic acids is 1. The number of hydrogen-bond donors (Lipinski definition) is 1. The number of carboxylic acids is 1. The van der Waals surface area contributed by atoms with Gasteiger partial charge in [-0.05, 0) is 45.0 Å². The van der Waals surface area contributed by atoms with Gasteiger partial charge in [0.1, 0.15) is 5.69 Å². The van der Waals surface area contributed by atoms with Gasteiger partial charge >= 0.3 is 5.97 Å². The van der Waals surface area contributed by atoms with Gasteiger partial charge in [0.25, 0.3) is 5.91 Å². The lowest BCUT2D eigenvalue weighted by Crippen LogP contribution is -2.36. The van der Waals surface area contributed by atoms with Crippen LogP contribution in [0.3, 0.4) is 0 Å². The zero-order valence-corrected chi connectivity index (χ0v) is 13.6. The Morgan fingerprint density at radius 1 is 1.27 bits per heavy atom. The monoisotopic (exact) mass is 318 g/mol. The molecule has 1 amide bonds. The van der Waals surface area contributed by atoms with E-state index in [1.165, 1.54) is 23.2 Å². The van der Waals surface area contributed by atoms with Crippen molar-refractivity contribution in [2.45, 2.75) is 33.4 Å². The number of hydrogen-bond acceptors (Lipinski definition) is 4. The summed E-state index contributed by atoms with van der Waals surface area (Å²) < 4.78 is 0. The third-order valence-electron chi connectivity index (χ3n) is 3.24. The molecule has 2 aromatic heterocycles. The molecule has 0 unspecified atom stereocenters. The highest BCUT2D eigenvalue weighted by Crippen LogP contribution is 2.20. The second-order valence-corrected chi connectivity index (χ2v) is 6.65. The Bertz CT molecular complexity index is 677. The Morgan fingerprint density at radius 2 is 2.00 bits per heavy atom. The van der Waals surface area contributed by atoms with Crippen LogP contribution in [0.25, 0.3) is 0 Å². The van der Waals surface area contributed by atoms with Gasteiger partial charge < -0.3 is 10.0 Å².